The van der Waals surface area contributed by atoms with E-state index < -0.39 is 48.5 Å². The lowest BCUT2D eigenvalue weighted by molar-refractivity contribution is -0.162. The number of benzene rings is 1. The van der Waals surface area contributed by atoms with Crippen LogP contribution in [-0.4, -0.2) is 68.5 Å². The number of nitrogens with two attached hydrogens (primary N) is 1. The molecule has 13 heteroatoms. The first-order valence-corrected chi connectivity index (χ1v) is 14.1. The average molecular weight is 593 g/mol. The number of nitrogens with one attached hydrogen (secondary N) is 1. The average Bonchev–Trinajstić information content (AvgIpc) is 3.55. The molecule has 4 rings (SSSR count). The Balaban J connectivity index is 1.66. The van der Waals surface area contributed by atoms with Gasteiger partial charge >= 0.3 is 11.9 Å². The van der Waals surface area contributed by atoms with Crippen molar-refractivity contribution in [2.24, 2.45) is 17.6 Å². The molecule has 6 atom stereocenters. The number of hydrogen-bond acceptors (Lipinski definition) is 11. The summed E-state index contributed by atoms with van der Waals surface area (Å²) in [5.74, 6) is -1.98. The van der Waals surface area contributed by atoms with Crippen LogP contribution in [0.3, 0.4) is 0 Å². The normalized spacial score (nSPS) is 23.0. The largest absolute Gasteiger partial charge is 0.463 e. The summed E-state index contributed by atoms with van der Waals surface area (Å²) in [5.41, 5.74) is 5.04. The summed E-state index contributed by atoms with van der Waals surface area (Å²) in [6.07, 6.45) is -2.59. The van der Waals surface area contributed by atoms with Crippen molar-refractivity contribution in [2.75, 3.05) is 11.9 Å². The number of aliphatic hydroxyl groups is 1. The van der Waals surface area contributed by atoms with Gasteiger partial charge in [0.25, 0.3) is 0 Å². The van der Waals surface area contributed by atoms with Crippen LogP contribution < -0.4 is 11.1 Å². The third-order valence-electron chi connectivity index (χ3n) is 7.57. The SMILES string of the molecule is CC[C@H](C)C(=O)Nc1ncnn2c([C@]3(C#N)O[C@H](COC(=O)Cc4ccccc4)[C@@H](OC(=O)[C@@H](N)C(C)C)[C@H]3O)ccc12. The number of carbonyl (C=O) groups excluding carboxylic acids is 3. The van der Waals surface area contributed by atoms with Crippen LogP contribution in [-0.2, 0) is 40.6 Å². The van der Waals surface area contributed by atoms with Gasteiger partial charge in [-0.1, -0.05) is 58.0 Å². The molecule has 0 radical (unpaired) electrons. The minimum atomic E-state index is -2.11. The van der Waals surface area contributed by atoms with E-state index in [4.69, 9.17) is 19.9 Å². The van der Waals surface area contributed by atoms with E-state index in [2.05, 4.69) is 15.4 Å². The summed E-state index contributed by atoms with van der Waals surface area (Å²) >= 11 is 0. The molecule has 1 aliphatic rings. The van der Waals surface area contributed by atoms with E-state index in [0.29, 0.717) is 11.9 Å². The zero-order valence-electron chi connectivity index (χ0n) is 24.5. The fourth-order valence-electron chi connectivity index (χ4n) is 4.65. The van der Waals surface area contributed by atoms with Crippen molar-refractivity contribution in [1.29, 1.82) is 5.26 Å². The second-order valence-corrected chi connectivity index (χ2v) is 10.9. The Morgan fingerprint density at radius 3 is 2.58 bits per heavy atom. The maximum Gasteiger partial charge on any atom is 0.323 e. The first-order chi connectivity index (χ1) is 20.5. The highest BCUT2D eigenvalue weighted by atomic mass is 16.6. The number of esters is 2. The smallest absolute Gasteiger partial charge is 0.323 e. The molecule has 1 amide bonds. The highest BCUT2D eigenvalue weighted by Gasteiger charge is 2.60. The number of ether oxygens (including phenoxy) is 3. The number of fused-ring (bicyclic) bond motifs is 1. The van der Waals surface area contributed by atoms with E-state index in [9.17, 15) is 24.8 Å². The van der Waals surface area contributed by atoms with Gasteiger partial charge in [0, 0.05) is 5.92 Å². The first kappa shape index (κ1) is 31.6. The third-order valence-corrected chi connectivity index (χ3v) is 7.57. The van der Waals surface area contributed by atoms with Gasteiger partial charge in [-0.15, -0.1) is 0 Å². The second-order valence-electron chi connectivity index (χ2n) is 10.9. The first-order valence-electron chi connectivity index (χ1n) is 14.1. The number of nitrogens with zero attached hydrogens (tertiary/aromatic N) is 4. The summed E-state index contributed by atoms with van der Waals surface area (Å²) in [7, 11) is 0. The number of carbonyl (C=O) groups is 3. The maximum atomic E-state index is 12.9. The van der Waals surface area contributed by atoms with Gasteiger partial charge in [0.05, 0.1) is 12.1 Å². The van der Waals surface area contributed by atoms with Crippen molar-refractivity contribution in [3.63, 3.8) is 0 Å². The maximum absolute atomic E-state index is 12.9. The quantitative estimate of drug-likeness (QED) is 0.275. The molecule has 1 fully saturated rings. The Labute approximate surface area is 248 Å². The van der Waals surface area contributed by atoms with Crippen LogP contribution in [0.2, 0.25) is 0 Å². The van der Waals surface area contributed by atoms with Gasteiger partial charge in [0.2, 0.25) is 11.5 Å². The van der Waals surface area contributed by atoms with Crippen molar-refractivity contribution in [1.82, 2.24) is 14.6 Å². The van der Waals surface area contributed by atoms with E-state index in [1.807, 2.05) is 19.1 Å². The molecule has 0 unspecified atom stereocenters. The minimum Gasteiger partial charge on any atom is -0.463 e. The Bertz CT molecular complexity index is 1500. The van der Waals surface area contributed by atoms with Crippen LogP contribution in [0.15, 0.2) is 48.8 Å². The Morgan fingerprint density at radius 1 is 1.21 bits per heavy atom. The van der Waals surface area contributed by atoms with E-state index in [0.717, 1.165) is 5.56 Å². The molecule has 4 N–H and O–H groups in total. The Morgan fingerprint density at radius 2 is 1.93 bits per heavy atom. The molecule has 0 aliphatic carbocycles. The van der Waals surface area contributed by atoms with Crippen LogP contribution >= 0.6 is 0 Å². The molecule has 0 bridgehead atoms. The van der Waals surface area contributed by atoms with Gasteiger partial charge in [-0.2, -0.15) is 10.4 Å². The molecule has 13 nitrogen and oxygen atoms in total. The zero-order chi connectivity index (χ0) is 31.3. The predicted octanol–water partition coefficient (Wildman–Crippen LogP) is 1.87. The lowest BCUT2D eigenvalue weighted by Gasteiger charge is -2.25. The summed E-state index contributed by atoms with van der Waals surface area (Å²) in [5, 5.41) is 29.0. The second kappa shape index (κ2) is 13.3. The number of amides is 1. The zero-order valence-corrected chi connectivity index (χ0v) is 24.5. The van der Waals surface area contributed by atoms with Crippen molar-refractivity contribution in [3.05, 3.63) is 60.0 Å². The van der Waals surface area contributed by atoms with Crippen LogP contribution in [0.5, 0.6) is 0 Å². The molecular weight excluding hydrogens is 556 g/mol. The number of anilines is 1. The minimum absolute atomic E-state index is 0.0202. The Hall–Kier alpha value is -4.38. The molecule has 1 aliphatic heterocycles. The molecule has 2 aromatic heterocycles. The summed E-state index contributed by atoms with van der Waals surface area (Å²) in [6.45, 7) is 6.72. The highest BCUT2D eigenvalue weighted by molar-refractivity contribution is 5.94. The van der Waals surface area contributed by atoms with Crippen molar-refractivity contribution in [3.8, 4) is 6.07 Å². The lowest BCUT2D eigenvalue weighted by Crippen LogP contribution is -2.46. The molecule has 43 heavy (non-hydrogen) atoms. The summed E-state index contributed by atoms with van der Waals surface area (Å²) in [6, 6.07) is 13.0. The molecule has 3 heterocycles. The van der Waals surface area contributed by atoms with Crippen LogP contribution in [0.1, 0.15) is 45.4 Å². The molecule has 1 saturated heterocycles. The number of rotatable bonds is 11. The number of hydrogen-bond donors (Lipinski definition) is 3. The summed E-state index contributed by atoms with van der Waals surface area (Å²) < 4.78 is 18.5. The van der Waals surface area contributed by atoms with E-state index in [1.54, 1.807) is 51.1 Å². The standard InChI is InChI=1S/C30H36N6O7/c1-5-18(4)28(39)35-27-20-11-12-22(36(20)34-16-33-27)30(15-31)26(38)25(42-29(40)24(32)17(2)3)21(43-30)14-41-23(37)13-19-9-7-6-8-10-19/h6-12,16-18,21,24-26,38H,5,13-14,32H2,1-4H3,(H,33,34,35,39)/t18-,21+,24-,25+,26+,30-/m0/s1. The fourth-order valence-corrected chi connectivity index (χ4v) is 4.65. The highest BCUT2D eigenvalue weighted by Crippen LogP contribution is 2.42. The third kappa shape index (κ3) is 6.51. The van der Waals surface area contributed by atoms with Crippen LogP contribution in [0, 0.1) is 23.2 Å². The van der Waals surface area contributed by atoms with E-state index in [-0.39, 0.29) is 35.7 Å². The molecule has 0 spiro atoms. The number of aliphatic hydroxyl groups excluding tert-OH is 1. The topological polar surface area (TPSA) is 191 Å². The van der Waals surface area contributed by atoms with Gasteiger partial charge in [-0.05, 0) is 30.0 Å². The number of nitriles is 1. The number of aromatic nitrogens is 3. The van der Waals surface area contributed by atoms with E-state index in [1.165, 1.54) is 16.9 Å². The summed E-state index contributed by atoms with van der Waals surface area (Å²) in [4.78, 5) is 42.2. The molecule has 228 valence electrons. The van der Waals surface area contributed by atoms with Crippen LogP contribution in [0.25, 0.3) is 5.52 Å². The molecule has 3 aromatic rings. The van der Waals surface area contributed by atoms with Gasteiger partial charge < -0.3 is 30.4 Å². The molecular formula is C30H36N6O7. The van der Waals surface area contributed by atoms with Gasteiger partial charge in [-0.3, -0.25) is 14.4 Å². The lowest BCUT2D eigenvalue weighted by atomic mass is 9.92. The molecule has 1 aromatic carbocycles. The van der Waals surface area contributed by atoms with E-state index >= 15 is 0 Å². The fraction of sp³-hybridized carbons (Fsp3) is 0.467. The molecule has 0 saturated carbocycles. The van der Waals surface area contributed by atoms with Crippen molar-refractivity contribution >= 4 is 29.2 Å². The van der Waals surface area contributed by atoms with Crippen molar-refractivity contribution in [2.45, 2.75) is 70.5 Å². The van der Waals surface area contributed by atoms with Gasteiger partial charge in [0.1, 0.15) is 42.8 Å². The van der Waals surface area contributed by atoms with Crippen molar-refractivity contribution < 1.29 is 33.7 Å². The van der Waals surface area contributed by atoms with Gasteiger partial charge in [-0.25, -0.2) is 9.50 Å². The van der Waals surface area contributed by atoms with Gasteiger partial charge in [0.15, 0.2) is 11.9 Å². The monoisotopic (exact) mass is 592 g/mol. The Kier molecular flexibility index (Phi) is 9.75. The predicted molar refractivity (Wildman–Crippen MR) is 153 cm³/mol. The van der Waals surface area contributed by atoms with Crippen LogP contribution in [0.4, 0.5) is 5.82 Å².